The van der Waals surface area contributed by atoms with Gasteiger partial charge in [0.1, 0.15) is 0 Å². The van der Waals surface area contributed by atoms with E-state index in [0.717, 1.165) is 13.0 Å². The van der Waals surface area contributed by atoms with Crippen LogP contribution in [-0.4, -0.2) is 36.2 Å². The molecule has 2 atom stereocenters. The Labute approximate surface area is 133 Å². The number of benzene rings is 1. The molecule has 4 heteroatoms. The molecule has 1 aromatic carbocycles. The molecule has 0 aromatic heterocycles. The van der Waals surface area contributed by atoms with Crippen molar-refractivity contribution in [1.82, 2.24) is 5.32 Å². The topological polar surface area (TPSA) is 41.5 Å². The minimum Gasteiger partial charge on any atom is -0.390 e. The Hall–Kier alpha value is -0.550. The SMILES string of the molecule is CCCNC(C)c1ccc(SCC(O)COC(C)C)cc1. The van der Waals surface area contributed by atoms with Crippen LogP contribution in [-0.2, 0) is 4.74 Å². The Morgan fingerprint density at radius 3 is 2.43 bits per heavy atom. The predicted octanol–water partition coefficient (Wildman–Crippen LogP) is 3.63. The summed E-state index contributed by atoms with van der Waals surface area (Å²) in [6.07, 6.45) is 0.900. The van der Waals surface area contributed by atoms with E-state index in [1.165, 1.54) is 10.5 Å². The van der Waals surface area contributed by atoms with Gasteiger partial charge in [0, 0.05) is 16.7 Å². The van der Waals surface area contributed by atoms with Crippen LogP contribution in [0.5, 0.6) is 0 Å². The van der Waals surface area contributed by atoms with Gasteiger partial charge in [-0.25, -0.2) is 0 Å². The van der Waals surface area contributed by atoms with E-state index in [4.69, 9.17) is 4.74 Å². The summed E-state index contributed by atoms with van der Waals surface area (Å²) in [6.45, 7) is 9.76. The second-order valence-electron chi connectivity index (χ2n) is 5.59. The third-order valence-electron chi connectivity index (χ3n) is 3.14. The summed E-state index contributed by atoms with van der Waals surface area (Å²) in [5, 5.41) is 13.3. The molecule has 0 aliphatic rings. The highest BCUT2D eigenvalue weighted by Gasteiger charge is 2.08. The Balaban J connectivity index is 2.37. The van der Waals surface area contributed by atoms with Crippen LogP contribution in [0.1, 0.15) is 45.7 Å². The number of hydrogen-bond donors (Lipinski definition) is 2. The van der Waals surface area contributed by atoms with Crippen molar-refractivity contribution in [3.63, 3.8) is 0 Å². The second kappa shape index (κ2) is 10.2. The van der Waals surface area contributed by atoms with Crippen LogP contribution in [0.3, 0.4) is 0 Å². The van der Waals surface area contributed by atoms with Gasteiger partial charge in [-0.3, -0.25) is 0 Å². The van der Waals surface area contributed by atoms with Crippen molar-refractivity contribution in [3.05, 3.63) is 29.8 Å². The number of aliphatic hydroxyl groups excluding tert-OH is 1. The van der Waals surface area contributed by atoms with E-state index >= 15 is 0 Å². The van der Waals surface area contributed by atoms with E-state index in [9.17, 15) is 5.11 Å². The van der Waals surface area contributed by atoms with Crippen molar-refractivity contribution in [2.75, 3.05) is 18.9 Å². The number of rotatable bonds is 10. The van der Waals surface area contributed by atoms with Crippen LogP contribution in [0.15, 0.2) is 29.2 Å². The lowest BCUT2D eigenvalue weighted by molar-refractivity contribution is 0.0152. The van der Waals surface area contributed by atoms with E-state index in [2.05, 4.69) is 43.4 Å². The smallest absolute Gasteiger partial charge is 0.0867 e. The normalized spacial score (nSPS) is 14.4. The summed E-state index contributed by atoms with van der Waals surface area (Å²) >= 11 is 1.67. The molecule has 0 saturated heterocycles. The van der Waals surface area contributed by atoms with Crippen molar-refractivity contribution >= 4 is 11.8 Å². The molecule has 1 aromatic rings. The highest BCUT2D eigenvalue weighted by atomic mass is 32.2. The maximum absolute atomic E-state index is 9.84. The third-order valence-corrected chi connectivity index (χ3v) is 4.30. The van der Waals surface area contributed by atoms with Gasteiger partial charge in [0.25, 0.3) is 0 Å². The molecule has 2 unspecified atom stereocenters. The van der Waals surface area contributed by atoms with Gasteiger partial charge in [0.05, 0.1) is 18.8 Å². The van der Waals surface area contributed by atoms with Gasteiger partial charge in [-0.1, -0.05) is 19.1 Å². The van der Waals surface area contributed by atoms with E-state index < -0.39 is 6.10 Å². The Bertz CT molecular complexity index is 381. The number of aliphatic hydroxyl groups is 1. The van der Waals surface area contributed by atoms with Crippen molar-refractivity contribution < 1.29 is 9.84 Å². The summed E-state index contributed by atoms with van der Waals surface area (Å²) in [7, 11) is 0. The lowest BCUT2D eigenvalue weighted by atomic mass is 10.1. The largest absolute Gasteiger partial charge is 0.390 e. The zero-order valence-corrected chi connectivity index (χ0v) is 14.5. The first kappa shape index (κ1) is 18.5. The first-order valence-corrected chi connectivity index (χ1v) is 8.77. The summed E-state index contributed by atoms with van der Waals surface area (Å²) in [4.78, 5) is 1.19. The van der Waals surface area contributed by atoms with Crippen LogP contribution in [0.25, 0.3) is 0 Å². The Kier molecular flexibility index (Phi) is 9.00. The van der Waals surface area contributed by atoms with Crippen LogP contribution < -0.4 is 5.32 Å². The third kappa shape index (κ3) is 7.86. The molecule has 2 N–H and O–H groups in total. The molecule has 0 aliphatic carbocycles. The fourth-order valence-corrected chi connectivity index (χ4v) is 2.69. The average molecular weight is 311 g/mol. The van der Waals surface area contributed by atoms with Crippen LogP contribution in [0, 0.1) is 0 Å². The van der Waals surface area contributed by atoms with E-state index in [-0.39, 0.29) is 6.10 Å². The molecule has 3 nitrogen and oxygen atoms in total. The maximum atomic E-state index is 9.84. The van der Waals surface area contributed by atoms with Gasteiger partial charge >= 0.3 is 0 Å². The molecule has 21 heavy (non-hydrogen) atoms. The minimum atomic E-state index is -0.415. The lowest BCUT2D eigenvalue weighted by Gasteiger charge is -2.15. The molecule has 0 radical (unpaired) electrons. The molecular formula is C17H29NO2S. The van der Waals surface area contributed by atoms with Gasteiger partial charge in [0.15, 0.2) is 0 Å². The number of hydrogen-bond acceptors (Lipinski definition) is 4. The Morgan fingerprint density at radius 1 is 1.19 bits per heavy atom. The van der Waals surface area contributed by atoms with E-state index in [1.54, 1.807) is 11.8 Å². The molecular weight excluding hydrogens is 282 g/mol. The second-order valence-corrected chi connectivity index (χ2v) is 6.69. The van der Waals surface area contributed by atoms with Gasteiger partial charge in [0.2, 0.25) is 0 Å². The van der Waals surface area contributed by atoms with Crippen molar-refractivity contribution in [1.29, 1.82) is 0 Å². The standard InChI is InChI=1S/C17H29NO2S/c1-5-10-18-14(4)15-6-8-17(9-7-15)21-12-16(19)11-20-13(2)3/h6-9,13-14,16,18-19H,5,10-12H2,1-4H3. The monoisotopic (exact) mass is 311 g/mol. The van der Waals surface area contributed by atoms with Gasteiger partial charge in [-0.05, 0) is 51.4 Å². The van der Waals surface area contributed by atoms with Gasteiger partial charge in [-0.15, -0.1) is 11.8 Å². The molecule has 0 amide bonds. The molecule has 0 heterocycles. The van der Waals surface area contributed by atoms with Crippen molar-refractivity contribution in [2.24, 2.45) is 0 Å². The van der Waals surface area contributed by atoms with Crippen molar-refractivity contribution in [3.8, 4) is 0 Å². The van der Waals surface area contributed by atoms with Crippen LogP contribution in [0.4, 0.5) is 0 Å². The van der Waals surface area contributed by atoms with Crippen LogP contribution >= 0.6 is 11.8 Å². The first-order valence-electron chi connectivity index (χ1n) is 7.78. The quantitative estimate of drug-likeness (QED) is 0.648. The molecule has 0 saturated carbocycles. The highest BCUT2D eigenvalue weighted by molar-refractivity contribution is 7.99. The zero-order valence-electron chi connectivity index (χ0n) is 13.6. The highest BCUT2D eigenvalue weighted by Crippen LogP contribution is 2.22. The zero-order chi connectivity index (χ0) is 15.7. The van der Waals surface area contributed by atoms with Crippen LogP contribution in [0.2, 0.25) is 0 Å². The van der Waals surface area contributed by atoms with E-state index in [0.29, 0.717) is 18.4 Å². The Morgan fingerprint density at radius 2 is 1.86 bits per heavy atom. The van der Waals surface area contributed by atoms with E-state index in [1.807, 2.05) is 13.8 Å². The molecule has 0 fully saturated rings. The lowest BCUT2D eigenvalue weighted by Crippen LogP contribution is -2.20. The first-order chi connectivity index (χ1) is 10.0. The average Bonchev–Trinajstić information content (AvgIpc) is 2.49. The van der Waals surface area contributed by atoms with Gasteiger partial charge in [-0.2, -0.15) is 0 Å². The van der Waals surface area contributed by atoms with Crippen molar-refractivity contribution in [2.45, 2.75) is 57.3 Å². The number of thioether (sulfide) groups is 1. The number of nitrogens with one attached hydrogen (secondary N) is 1. The molecule has 120 valence electrons. The summed E-state index contributed by atoms with van der Waals surface area (Å²) < 4.78 is 5.41. The summed E-state index contributed by atoms with van der Waals surface area (Å²) in [5.41, 5.74) is 1.30. The molecule has 0 spiro atoms. The maximum Gasteiger partial charge on any atom is 0.0867 e. The summed E-state index contributed by atoms with van der Waals surface area (Å²) in [6, 6.07) is 8.95. The molecule has 1 rings (SSSR count). The minimum absolute atomic E-state index is 0.168. The predicted molar refractivity (Wildman–Crippen MR) is 91.0 cm³/mol. The fourth-order valence-electron chi connectivity index (χ4n) is 1.88. The van der Waals surface area contributed by atoms with Gasteiger partial charge < -0.3 is 15.2 Å². The fraction of sp³-hybridized carbons (Fsp3) is 0.647. The number of ether oxygens (including phenoxy) is 1. The molecule has 0 aliphatic heterocycles. The molecule has 0 bridgehead atoms. The summed E-state index contributed by atoms with van der Waals surface area (Å²) in [5.74, 6) is 0.662.